The van der Waals surface area contributed by atoms with E-state index in [9.17, 15) is 0 Å². The smallest absolute Gasteiger partial charge is 0.0702 e. The van der Waals surface area contributed by atoms with Crippen molar-refractivity contribution in [3.05, 3.63) is 66.9 Å². The van der Waals surface area contributed by atoms with Gasteiger partial charge in [0.15, 0.2) is 0 Å². The summed E-state index contributed by atoms with van der Waals surface area (Å²) in [6, 6.07) is 14.3. The van der Waals surface area contributed by atoms with E-state index in [-0.39, 0.29) is 6.61 Å². The van der Waals surface area contributed by atoms with Crippen molar-refractivity contribution in [1.29, 1.82) is 0 Å². The Hall–Kier alpha value is -1.97. The predicted molar refractivity (Wildman–Crippen MR) is 82.2 cm³/mol. The molecule has 0 aliphatic heterocycles. The van der Waals surface area contributed by atoms with Crippen molar-refractivity contribution in [2.45, 2.75) is 6.54 Å². The Morgan fingerprint density at radius 3 is 2.80 bits per heavy atom. The lowest BCUT2D eigenvalue weighted by atomic mass is 10.1. The van der Waals surface area contributed by atoms with Crippen molar-refractivity contribution in [2.75, 3.05) is 19.7 Å². The summed E-state index contributed by atoms with van der Waals surface area (Å²) in [5.74, 6) is 0. The number of hydrogen-bond donors (Lipinski definition) is 1. The van der Waals surface area contributed by atoms with Gasteiger partial charge in [0, 0.05) is 31.4 Å². The molecule has 20 heavy (non-hydrogen) atoms. The molecule has 104 valence electrons. The quantitative estimate of drug-likeness (QED) is 0.784. The minimum Gasteiger partial charge on any atom is -0.395 e. The highest BCUT2D eigenvalue weighted by Gasteiger charge is 2.05. The topological polar surface area (TPSA) is 36.4 Å². The average Bonchev–Trinajstić information content (AvgIpc) is 2.49. The molecule has 0 radical (unpaired) electrons. The van der Waals surface area contributed by atoms with Crippen molar-refractivity contribution in [3.8, 4) is 11.3 Å². The van der Waals surface area contributed by atoms with E-state index in [0.29, 0.717) is 6.54 Å². The molecular weight excluding hydrogens is 248 g/mol. The Morgan fingerprint density at radius 2 is 2.10 bits per heavy atom. The Bertz CT molecular complexity index is 540. The number of benzene rings is 1. The van der Waals surface area contributed by atoms with Crippen LogP contribution in [0.2, 0.25) is 0 Å². The van der Waals surface area contributed by atoms with E-state index in [1.54, 1.807) is 6.20 Å². The van der Waals surface area contributed by atoms with Crippen molar-refractivity contribution in [1.82, 2.24) is 9.88 Å². The van der Waals surface area contributed by atoms with Gasteiger partial charge in [0.25, 0.3) is 0 Å². The lowest BCUT2D eigenvalue weighted by molar-refractivity contribution is 0.203. The maximum absolute atomic E-state index is 9.09. The fourth-order valence-corrected chi connectivity index (χ4v) is 2.18. The second-order valence-corrected chi connectivity index (χ2v) is 4.66. The Balaban J connectivity index is 2.15. The molecule has 0 atom stereocenters. The van der Waals surface area contributed by atoms with Crippen LogP contribution in [0.3, 0.4) is 0 Å². The highest BCUT2D eigenvalue weighted by Crippen LogP contribution is 2.18. The van der Waals surface area contributed by atoms with Gasteiger partial charge in [-0.25, -0.2) is 0 Å². The first-order valence-electron chi connectivity index (χ1n) is 6.78. The van der Waals surface area contributed by atoms with Crippen LogP contribution in [0, 0.1) is 0 Å². The summed E-state index contributed by atoms with van der Waals surface area (Å²) in [6.45, 7) is 6.14. The van der Waals surface area contributed by atoms with Gasteiger partial charge in [0.05, 0.1) is 12.3 Å². The molecule has 0 unspecified atom stereocenters. The van der Waals surface area contributed by atoms with Crippen LogP contribution in [-0.4, -0.2) is 34.7 Å². The standard InChI is InChI=1S/C17H20N2O/c1-2-10-19(11-12-20)14-15-6-5-7-16(13-15)17-8-3-4-9-18-17/h2-9,13,20H,1,10-12,14H2. The van der Waals surface area contributed by atoms with Gasteiger partial charge in [-0.15, -0.1) is 6.58 Å². The van der Waals surface area contributed by atoms with Crippen molar-refractivity contribution in [2.24, 2.45) is 0 Å². The van der Waals surface area contributed by atoms with E-state index in [1.807, 2.05) is 30.3 Å². The van der Waals surface area contributed by atoms with Crippen LogP contribution < -0.4 is 0 Å². The van der Waals surface area contributed by atoms with Crippen LogP contribution >= 0.6 is 0 Å². The highest BCUT2D eigenvalue weighted by molar-refractivity contribution is 5.59. The van der Waals surface area contributed by atoms with E-state index in [2.05, 4.69) is 34.7 Å². The summed E-state index contributed by atoms with van der Waals surface area (Å²) in [4.78, 5) is 6.53. The summed E-state index contributed by atoms with van der Waals surface area (Å²) in [7, 11) is 0. The van der Waals surface area contributed by atoms with Crippen LogP contribution in [0.15, 0.2) is 61.3 Å². The molecule has 3 nitrogen and oxygen atoms in total. The van der Waals surface area contributed by atoms with Crippen LogP contribution in [0.5, 0.6) is 0 Å². The first kappa shape index (κ1) is 14.4. The van der Waals surface area contributed by atoms with E-state index >= 15 is 0 Å². The van der Waals surface area contributed by atoms with Gasteiger partial charge in [-0.05, 0) is 23.8 Å². The zero-order chi connectivity index (χ0) is 14.2. The van der Waals surface area contributed by atoms with Gasteiger partial charge in [-0.1, -0.05) is 30.3 Å². The third-order valence-corrected chi connectivity index (χ3v) is 3.10. The maximum Gasteiger partial charge on any atom is 0.0702 e. The third kappa shape index (κ3) is 4.02. The van der Waals surface area contributed by atoms with E-state index in [0.717, 1.165) is 24.3 Å². The molecule has 0 bridgehead atoms. The molecule has 0 aliphatic rings. The molecule has 0 amide bonds. The van der Waals surface area contributed by atoms with Gasteiger partial charge in [-0.2, -0.15) is 0 Å². The number of hydrogen-bond acceptors (Lipinski definition) is 3. The first-order chi connectivity index (χ1) is 9.83. The summed E-state index contributed by atoms with van der Waals surface area (Å²) in [5, 5.41) is 9.09. The molecule has 0 saturated carbocycles. The minimum atomic E-state index is 0.160. The third-order valence-electron chi connectivity index (χ3n) is 3.10. The number of pyridine rings is 1. The van der Waals surface area contributed by atoms with Gasteiger partial charge < -0.3 is 5.11 Å². The van der Waals surface area contributed by atoms with Crippen LogP contribution in [0.4, 0.5) is 0 Å². The molecule has 3 heteroatoms. The summed E-state index contributed by atoms with van der Waals surface area (Å²) >= 11 is 0. The van der Waals surface area contributed by atoms with Crippen molar-refractivity contribution < 1.29 is 5.11 Å². The molecule has 2 aromatic rings. The van der Waals surface area contributed by atoms with Crippen molar-refractivity contribution >= 4 is 0 Å². The SMILES string of the molecule is C=CCN(CCO)Cc1cccc(-c2ccccn2)c1. The second-order valence-electron chi connectivity index (χ2n) is 4.66. The fourth-order valence-electron chi connectivity index (χ4n) is 2.18. The Kier molecular flexibility index (Phi) is 5.47. The van der Waals surface area contributed by atoms with E-state index in [1.165, 1.54) is 5.56 Å². The molecule has 0 aliphatic carbocycles. The van der Waals surface area contributed by atoms with Gasteiger partial charge in [0.1, 0.15) is 0 Å². The van der Waals surface area contributed by atoms with Gasteiger partial charge in [-0.3, -0.25) is 9.88 Å². The largest absolute Gasteiger partial charge is 0.395 e. The molecular formula is C17H20N2O. The molecule has 1 aromatic heterocycles. The number of rotatable bonds is 7. The second kappa shape index (κ2) is 7.58. The number of aliphatic hydroxyl groups excluding tert-OH is 1. The zero-order valence-corrected chi connectivity index (χ0v) is 11.6. The normalized spacial score (nSPS) is 10.7. The highest BCUT2D eigenvalue weighted by atomic mass is 16.3. The average molecular weight is 268 g/mol. The number of nitrogens with zero attached hydrogens (tertiary/aromatic N) is 2. The van der Waals surface area contributed by atoms with Crippen LogP contribution in [0.25, 0.3) is 11.3 Å². The monoisotopic (exact) mass is 268 g/mol. The molecule has 1 N–H and O–H groups in total. The predicted octanol–water partition coefficient (Wildman–Crippen LogP) is 2.73. The molecule has 1 heterocycles. The van der Waals surface area contributed by atoms with Crippen molar-refractivity contribution in [3.63, 3.8) is 0 Å². The van der Waals surface area contributed by atoms with E-state index < -0.39 is 0 Å². The summed E-state index contributed by atoms with van der Waals surface area (Å²) in [6.07, 6.45) is 3.66. The molecule has 0 fully saturated rings. The summed E-state index contributed by atoms with van der Waals surface area (Å²) < 4.78 is 0. The molecule has 0 saturated heterocycles. The van der Waals surface area contributed by atoms with Crippen LogP contribution in [0.1, 0.15) is 5.56 Å². The lowest BCUT2D eigenvalue weighted by Gasteiger charge is -2.19. The molecule has 0 spiro atoms. The molecule has 1 aromatic carbocycles. The zero-order valence-electron chi connectivity index (χ0n) is 11.6. The minimum absolute atomic E-state index is 0.160. The number of aromatic nitrogens is 1. The first-order valence-corrected chi connectivity index (χ1v) is 6.78. The molecule has 2 rings (SSSR count). The Labute approximate surface area is 120 Å². The van der Waals surface area contributed by atoms with E-state index in [4.69, 9.17) is 5.11 Å². The summed E-state index contributed by atoms with van der Waals surface area (Å²) in [5.41, 5.74) is 3.31. The fraction of sp³-hybridized carbons (Fsp3) is 0.235. The van der Waals surface area contributed by atoms with Crippen LogP contribution in [-0.2, 0) is 6.54 Å². The van der Waals surface area contributed by atoms with Gasteiger partial charge >= 0.3 is 0 Å². The Morgan fingerprint density at radius 1 is 1.20 bits per heavy atom. The van der Waals surface area contributed by atoms with Gasteiger partial charge in [0.2, 0.25) is 0 Å². The lowest BCUT2D eigenvalue weighted by Crippen LogP contribution is -2.26. The number of aliphatic hydroxyl groups is 1. The maximum atomic E-state index is 9.09.